The fourth-order valence-corrected chi connectivity index (χ4v) is 1.90. The fourth-order valence-electron chi connectivity index (χ4n) is 0.858. The van der Waals surface area contributed by atoms with Crippen molar-refractivity contribution in [2.45, 2.75) is 46.3 Å². The molecule has 0 saturated heterocycles. The first-order valence-electron chi connectivity index (χ1n) is 5.71. The Morgan fingerprint density at radius 1 is 1.11 bits per heavy atom. The monoisotopic (exact) mass is 307 g/mol. The SMILES string of the molecule is CC.Cc1nc(Cl)c(/C=N/SC(C)(C)C)c(Cl)n1. The first-order valence-corrected chi connectivity index (χ1v) is 7.24. The number of rotatable bonds is 2. The standard InChI is InChI=1S/C10H13Cl2N3S.C2H6/c1-6-14-8(11)7(9(12)15-6)5-13-16-10(2,3)4;1-2/h5H,1-4H3;1-2H3/b13-5+;. The van der Waals surface area contributed by atoms with Gasteiger partial charge >= 0.3 is 0 Å². The van der Waals surface area contributed by atoms with Crippen molar-refractivity contribution in [3.8, 4) is 0 Å². The summed E-state index contributed by atoms with van der Waals surface area (Å²) in [5, 5.41) is 0.659. The van der Waals surface area contributed by atoms with Crippen molar-refractivity contribution in [2.75, 3.05) is 0 Å². The molecule has 0 aliphatic carbocycles. The largest absolute Gasteiger partial charge is 0.223 e. The smallest absolute Gasteiger partial charge is 0.143 e. The average molecular weight is 308 g/mol. The van der Waals surface area contributed by atoms with Gasteiger partial charge in [0.05, 0.1) is 5.56 Å². The van der Waals surface area contributed by atoms with E-state index in [9.17, 15) is 0 Å². The Morgan fingerprint density at radius 3 is 1.94 bits per heavy atom. The molecule has 6 heteroatoms. The van der Waals surface area contributed by atoms with Gasteiger partial charge in [-0.1, -0.05) is 37.0 Å². The molecule has 0 N–H and O–H groups in total. The number of halogens is 2. The minimum Gasteiger partial charge on any atom is -0.223 e. The molecule has 3 nitrogen and oxygen atoms in total. The Labute approximate surface area is 124 Å². The van der Waals surface area contributed by atoms with Crippen LogP contribution in [-0.2, 0) is 0 Å². The molecule has 1 heterocycles. The van der Waals surface area contributed by atoms with Crippen molar-refractivity contribution in [3.05, 3.63) is 21.7 Å². The maximum Gasteiger partial charge on any atom is 0.143 e. The molecule has 0 unspecified atom stereocenters. The summed E-state index contributed by atoms with van der Waals surface area (Å²) in [6.07, 6.45) is 1.60. The summed E-state index contributed by atoms with van der Waals surface area (Å²) in [6.45, 7) is 12.0. The lowest BCUT2D eigenvalue weighted by Crippen LogP contribution is -2.05. The molecule has 102 valence electrons. The van der Waals surface area contributed by atoms with Gasteiger partial charge in [0.2, 0.25) is 0 Å². The highest BCUT2D eigenvalue weighted by Gasteiger charge is 2.11. The molecule has 1 aromatic heterocycles. The number of nitrogens with zero attached hydrogens (tertiary/aromatic N) is 3. The lowest BCUT2D eigenvalue weighted by Gasteiger charge is -2.12. The molecule has 18 heavy (non-hydrogen) atoms. The Morgan fingerprint density at radius 2 is 1.56 bits per heavy atom. The third-order valence-electron chi connectivity index (χ3n) is 1.47. The van der Waals surface area contributed by atoms with Crippen LogP contribution in [0.4, 0.5) is 0 Å². The predicted octanol–water partition coefficient (Wildman–Crippen LogP) is 4.98. The maximum atomic E-state index is 5.95. The highest BCUT2D eigenvalue weighted by molar-refractivity contribution is 7.99. The molecular weight excluding hydrogens is 289 g/mol. The van der Waals surface area contributed by atoms with E-state index < -0.39 is 0 Å². The summed E-state index contributed by atoms with van der Waals surface area (Å²) >= 11 is 13.3. The first kappa shape index (κ1) is 17.7. The summed E-state index contributed by atoms with van der Waals surface area (Å²) in [6, 6.07) is 0. The van der Waals surface area contributed by atoms with Gasteiger partial charge in [0.1, 0.15) is 16.1 Å². The Balaban J connectivity index is 0.00000137. The molecule has 1 rings (SSSR count). The number of aromatic nitrogens is 2. The molecule has 0 aliphatic rings. The van der Waals surface area contributed by atoms with Crippen LogP contribution in [0.15, 0.2) is 4.40 Å². The molecule has 0 atom stereocenters. The average Bonchev–Trinajstić information content (AvgIpc) is 2.23. The number of hydrogen-bond acceptors (Lipinski definition) is 4. The summed E-state index contributed by atoms with van der Waals surface area (Å²) < 4.78 is 4.26. The molecule has 0 aliphatic heterocycles. The van der Waals surface area contributed by atoms with Crippen LogP contribution in [0.1, 0.15) is 46.0 Å². The van der Waals surface area contributed by atoms with Crippen molar-refractivity contribution in [3.63, 3.8) is 0 Å². The zero-order valence-corrected chi connectivity index (χ0v) is 13.9. The van der Waals surface area contributed by atoms with Gasteiger partial charge < -0.3 is 0 Å². The minimum atomic E-state index is 0.0566. The van der Waals surface area contributed by atoms with E-state index in [4.69, 9.17) is 23.2 Å². The van der Waals surface area contributed by atoms with Gasteiger partial charge in [0.15, 0.2) is 0 Å². The van der Waals surface area contributed by atoms with E-state index in [0.29, 0.717) is 21.7 Å². The molecule has 0 fully saturated rings. The van der Waals surface area contributed by atoms with Crippen molar-refractivity contribution >= 4 is 41.4 Å². The van der Waals surface area contributed by atoms with E-state index in [-0.39, 0.29) is 4.75 Å². The highest BCUT2D eigenvalue weighted by atomic mass is 35.5. The molecule has 0 aromatic carbocycles. The first-order chi connectivity index (χ1) is 8.29. The van der Waals surface area contributed by atoms with Crippen molar-refractivity contribution in [2.24, 2.45) is 4.40 Å². The summed E-state index contributed by atoms with van der Waals surface area (Å²) in [5.74, 6) is 0.552. The molecular formula is C12H19Cl2N3S. The van der Waals surface area contributed by atoms with Crippen LogP contribution in [-0.4, -0.2) is 20.9 Å². The second-order valence-corrected chi connectivity index (χ2v) is 6.54. The second kappa shape index (κ2) is 7.97. The van der Waals surface area contributed by atoms with Crippen LogP contribution in [0.2, 0.25) is 10.3 Å². The third kappa shape index (κ3) is 6.57. The third-order valence-corrected chi connectivity index (χ3v) is 2.81. The predicted molar refractivity (Wildman–Crippen MR) is 83.1 cm³/mol. The summed E-state index contributed by atoms with van der Waals surface area (Å²) in [7, 11) is 0. The maximum absolute atomic E-state index is 5.95. The number of aryl methyl sites for hydroxylation is 1. The molecule has 0 radical (unpaired) electrons. The van der Waals surface area contributed by atoms with Gasteiger partial charge in [-0.2, -0.15) is 0 Å². The number of hydrogen-bond donors (Lipinski definition) is 0. The quantitative estimate of drug-likeness (QED) is 0.439. The fraction of sp³-hybridized carbons (Fsp3) is 0.583. The van der Waals surface area contributed by atoms with Gasteiger partial charge in [-0.05, 0) is 39.6 Å². The Kier molecular flexibility index (Phi) is 7.83. The van der Waals surface area contributed by atoms with Crippen LogP contribution in [0.5, 0.6) is 0 Å². The topological polar surface area (TPSA) is 38.1 Å². The van der Waals surface area contributed by atoms with Gasteiger partial charge in [-0.25, -0.2) is 14.4 Å². The van der Waals surface area contributed by atoms with E-state index in [1.807, 2.05) is 13.8 Å². The van der Waals surface area contributed by atoms with Crippen LogP contribution in [0.25, 0.3) is 0 Å². The summed E-state index contributed by atoms with van der Waals surface area (Å²) in [5.41, 5.74) is 0.561. The van der Waals surface area contributed by atoms with Gasteiger partial charge in [-0.15, -0.1) is 0 Å². The van der Waals surface area contributed by atoms with Crippen molar-refractivity contribution < 1.29 is 0 Å². The highest BCUT2D eigenvalue weighted by Crippen LogP contribution is 2.25. The molecule has 1 aromatic rings. The van der Waals surface area contributed by atoms with Gasteiger partial charge in [0.25, 0.3) is 0 Å². The van der Waals surface area contributed by atoms with E-state index >= 15 is 0 Å². The van der Waals surface area contributed by atoms with E-state index in [0.717, 1.165) is 0 Å². The van der Waals surface area contributed by atoms with E-state index in [1.165, 1.54) is 11.9 Å². The van der Waals surface area contributed by atoms with Crippen LogP contribution >= 0.6 is 35.1 Å². The molecule has 0 saturated carbocycles. The normalized spacial score (nSPS) is 11.3. The zero-order valence-electron chi connectivity index (χ0n) is 11.6. The molecule has 0 bridgehead atoms. The minimum absolute atomic E-state index is 0.0566. The van der Waals surface area contributed by atoms with E-state index in [1.54, 1.807) is 13.1 Å². The Hall–Kier alpha value is -0.320. The lowest BCUT2D eigenvalue weighted by atomic mass is 10.3. The van der Waals surface area contributed by atoms with Gasteiger partial charge in [0, 0.05) is 11.0 Å². The zero-order chi connectivity index (χ0) is 14.3. The Bertz CT molecular complexity index is 391. The summed E-state index contributed by atoms with van der Waals surface area (Å²) in [4.78, 5) is 8.04. The lowest BCUT2D eigenvalue weighted by molar-refractivity contribution is 0.804. The van der Waals surface area contributed by atoms with Crippen molar-refractivity contribution in [1.29, 1.82) is 0 Å². The second-order valence-electron chi connectivity index (χ2n) is 4.20. The van der Waals surface area contributed by atoms with E-state index in [2.05, 4.69) is 35.1 Å². The van der Waals surface area contributed by atoms with Crippen molar-refractivity contribution in [1.82, 2.24) is 9.97 Å². The van der Waals surface area contributed by atoms with Crippen LogP contribution < -0.4 is 0 Å². The molecule has 0 spiro atoms. The van der Waals surface area contributed by atoms with Crippen LogP contribution in [0.3, 0.4) is 0 Å². The van der Waals surface area contributed by atoms with Gasteiger partial charge in [-0.3, -0.25) is 0 Å². The molecule has 0 amide bonds. The van der Waals surface area contributed by atoms with Crippen LogP contribution in [0, 0.1) is 6.92 Å².